The number of aromatic nitrogens is 1. The number of hydrogen-bond acceptors (Lipinski definition) is 4. The Morgan fingerprint density at radius 2 is 1.93 bits per heavy atom. The molecular formula is C23H35N3O. The van der Waals surface area contributed by atoms with Crippen molar-refractivity contribution in [1.82, 2.24) is 4.98 Å². The highest BCUT2D eigenvalue weighted by Crippen LogP contribution is 2.19. The first-order valence-corrected chi connectivity index (χ1v) is 10.2. The van der Waals surface area contributed by atoms with Crippen LogP contribution in [0.2, 0.25) is 0 Å². The second-order valence-electron chi connectivity index (χ2n) is 7.40. The third-order valence-corrected chi connectivity index (χ3v) is 4.96. The lowest BCUT2D eigenvalue weighted by Crippen LogP contribution is -2.21. The molecule has 2 aromatic rings. The van der Waals surface area contributed by atoms with Gasteiger partial charge in [-0.05, 0) is 42.5 Å². The van der Waals surface area contributed by atoms with E-state index in [4.69, 9.17) is 4.74 Å². The van der Waals surface area contributed by atoms with E-state index in [0.717, 1.165) is 37.0 Å². The van der Waals surface area contributed by atoms with Gasteiger partial charge in [-0.2, -0.15) is 0 Å². The molecule has 0 spiro atoms. The van der Waals surface area contributed by atoms with Crippen LogP contribution in [-0.2, 0) is 6.42 Å². The number of ether oxygens (including phenoxy) is 1. The highest BCUT2D eigenvalue weighted by molar-refractivity contribution is 5.47. The summed E-state index contributed by atoms with van der Waals surface area (Å²) in [6.45, 7) is 6.51. The van der Waals surface area contributed by atoms with E-state index >= 15 is 0 Å². The van der Waals surface area contributed by atoms with Crippen molar-refractivity contribution in [2.45, 2.75) is 46.0 Å². The number of benzene rings is 1. The van der Waals surface area contributed by atoms with Crippen LogP contribution in [0.3, 0.4) is 0 Å². The summed E-state index contributed by atoms with van der Waals surface area (Å²) >= 11 is 0. The lowest BCUT2D eigenvalue weighted by Gasteiger charge is -2.20. The van der Waals surface area contributed by atoms with Gasteiger partial charge in [0.1, 0.15) is 11.6 Å². The Labute approximate surface area is 165 Å². The van der Waals surface area contributed by atoms with Crippen molar-refractivity contribution in [2.24, 2.45) is 5.92 Å². The highest BCUT2D eigenvalue weighted by Gasteiger charge is 2.05. The molecule has 2 rings (SSSR count). The van der Waals surface area contributed by atoms with Crippen LogP contribution in [0.4, 0.5) is 11.5 Å². The van der Waals surface area contributed by atoms with Crippen LogP contribution >= 0.6 is 0 Å². The molecule has 1 aromatic heterocycles. The molecule has 27 heavy (non-hydrogen) atoms. The van der Waals surface area contributed by atoms with Gasteiger partial charge in [-0.1, -0.05) is 45.2 Å². The minimum atomic E-state index is 0.768. The Hall–Kier alpha value is -2.23. The number of pyridine rings is 1. The molecule has 1 unspecified atom stereocenters. The molecule has 1 atom stereocenters. The molecule has 0 saturated carbocycles. The number of hydrogen-bond donors (Lipinski definition) is 1. The topological polar surface area (TPSA) is 37.4 Å². The number of rotatable bonds is 12. The van der Waals surface area contributed by atoms with Crippen molar-refractivity contribution in [3.63, 3.8) is 0 Å². The molecule has 1 heterocycles. The maximum atomic E-state index is 5.22. The lowest BCUT2D eigenvalue weighted by atomic mass is 9.96. The number of anilines is 2. The molecular weight excluding hydrogens is 334 g/mol. The molecule has 4 heteroatoms. The first kappa shape index (κ1) is 21.1. The van der Waals surface area contributed by atoms with E-state index in [1.807, 2.05) is 12.1 Å². The monoisotopic (exact) mass is 369 g/mol. The molecule has 0 saturated heterocycles. The SMILES string of the molecule is CCCCC(C)Cc1ccc(N(C)CCCNc2cc(OC)ccn2)cc1. The van der Waals surface area contributed by atoms with Gasteiger partial charge >= 0.3 is 0 Å². The molecule has 4 nitrogen and oxygen atoms in total. The maximum Gasteiger partial charge on any atom is 0.129 e. The fourth-order valence-electron chi connectivity index (χ4n) is 3.24. The fraction of sp³-hybridized carbons (Fsp3) is 0.522. The molecule has 0 aliphatic rings. The molecule has 0 aliphatic carbocycles. The zero-order chi connectivity index (χ0) is 19.5. The standard InChI is InChI=1S/C23H35N3O/c1-5-6-8-19(2)17-20-9-11-21(12-10-20)26(3)16-7-14-24-23-18-22(27-4)13-15-25-23/h9-13,15,18-19H,5-8,14,16-17H2,1-4H3,(H,24,25). The van der Waals surface area contributed by atoms with Crippen LogP contribution in [-0.4, -0.2) is 32.2 Å². The van der Waals surface area contributed by atoms with Crippen LogP contribution in [0.25, 0.3) is 0 Å². The van der Waals surface area contributed by atoms with Crippen molar-refractivity contribution in [3.05, 3.63) is 48.2 Å². The highest BCUT2D eigenvalue weighted by atomic mass is 16.5. The van der Waals surface area contributed by atoms with Gasteiger partial charge in [0, 0.05) is 38.1 Å². The van der Waals surface area contributed by atoms with Crippen LogP contribution in [0, 0.1) is 5.92 Å². The number of unbranched alkanes of at least 4 members (excludes halogenated alkanes) is 1. The van der Waals surface area contributed by atoms with Crippen molar-refractivity contribution in [3.8, 4) is 5.75 Å². The summed E-state index contributed by atoms with van der Waals surface area (Å²) < 4.78 is 5.22. The van der Waals surface area contributed by atoms with Gasteiger partial charge in [-0.25, -0.2) is 4.98 Å². The summed E-state index contributed by atoms with van der Waals surface area (Å²) in [7, 11) is 3.83. The normalized spacial score (nSPS) is 11.9. The minimum absolute atomic E-state index is 0.768. The number of nitrogens with zero attached hydrogens (tertiary/aromatic N) is 2. The van der Waals surface area contributed by atoms with Gasteiger partial charge in [0.2, 0.25) is 0 Å². The van der Waals surface area contributed by atoms with E-state index in [9.17, 15) is 0 Å². The second kappa shape index (κ2) is 11.5. The third kappa shape index (κ3) is 7.49. The molecule has 0 radical (unpaired) electrons. The average molecular weight is 370 g/mol. The molecule has 1 N–H and O–H groups in total. The van der Waals surface area contributed by atoms with Crippen LogP contribution in [0.5, 0.6) is 5.75 Å². The zero-order valence-electron chi connectivity index (χ0n) is 17.4. The van der Waals surface area contributed by atoms with Crippen LogP contribution in [0.1, 0.15) is 45.1 Å². The second-order valence-corrected chi connectivity index (χ2v) is 7.40. The molecule has 0 amide bonds. The molecule has 0 aliphatic heterocycles. The van der Waals surface area contributed by atoms with Crippen molar-refractivity contribution in [2.75, 3.05) is 37.5 Å². The maximum absolute atomic E-state index is 5.22. The van der Waals surface area contributed by atoms with E-state index in [0.29, 0.717) is 0 Å². The van der Waals surface area contributed by atoms with Crippen LogP contribution in [0.15, 0.2) is 42.6 Å². The largest absolute Gasteiger partial charge is 0.497 e. The predicted octanol–water partition coefficient (Wildman–Crippen LogP) is 5.40. The average Bonchev–Trinajstić information content (AvgIpc) is 2.70. The van der Waals surface area contributed by atoms with E-state index in [1.54, 1.807) is 13.3 Å². The summed E-state index contributed by atoms with van der Waals surface area (Å²) in [5.41, 5.74) is 2.72. The molecule has 1 aromatic carbocycles. The summed E-state index contributed by atoms with van der Waals surface area (Å²) in [5, 5.41) is 3.36. The van der Waals surface area contributed by atoms with Gasteiger partial charge in [-0.3, -0.25) is 0 Å². The smallest absolute Gasteiger partial charge is 0.129 e. The predicted molar refractivity (Wildman–Crippen MR) is 116 cm³/mol. The number of nitrogens with one attached hydrogen (secondary N) is 1. The van der Waals surface area contributed by atoms with E-state index in [1.165, 1.54) is 36.9 Å². The van der Waals surface area contributed by atoms with Crippen molar-refractivity contribution in [1.29, 1.82) is 0 Å². The van der Waals surface area contributed by atoms with Crippen molar-refractivity contribution < 1.29 is 4.74 Å². The minimum Gasteiger partial charge on any atom is -0.497 e. The lowest BCUT2D eigenvalue weighted by molar-refractivity contribution is 0.414. The number of methoxy groups -OCH3 is 1. The molecule has 0 bridgehead atoms. The summed E-state index contributed by atoms with van der Waals surface area (Å²) in [4.78, 5) is 6.62. The van der Waals surface area contributed by atoms with Crippen LogP contribution < -0.4 is 15.0 Å². The molecule has 148 valence electrons. The Bertz CT molecular complexity index is 657. The zero-order valence-corrected chi connectivity index (χ0v) is 17.4. The first-order chi connectivity index (χ1) is 13.1. The van der Waals surface area contributed by atoms with E-state index in [-0.39, 0.29) is 0 Å². The summed E-state index contributed by atoms with van der Waals surface area (Å²) in [5.74, 6) is 2.46. The van der Waals surface area contributed by atoms with E-state index < -0.39 is 0 Å². The van der Waals surface area contributed by atoms with Gasteiger partial charge < -0.3 is 15.0 Å². The van der Waals surface area contributed by atoms with Gasteiger partial charge in [0.25, 0.3) is 0 Å². The quantitative estimate of drug-likeness (QED) is 0.509. The Kier molecular flexibility index (Phi) is 8.96. The summed E-state index contributed by atoms with van der Waals surface area (Å²) in [6, 6.07) is 12.8. The molecule has 0 fully saturated rings. The van der Waals surface area contributed by atoms with Gasteiger partial charge in [-0.15, -0.1) is 0 Å². The van der Waals surface area contributed by atoms with Gasteiger partial charge in [0.05, 0.1) is 7.11 Å². The Morgan fingerprint density at radius 3 is 2.63 bits per heavy atom. The Balaban J connectivity index is 1.72. The summed E-state index contributed by atoms with van der Waals surface area (Å²) in [6.07, 6.45) is 7.94. The first-order valence-electron chi connectivity index (χ1n) is 10.2. The Morgan fingerprint density at radius 1 is 1.15 bits per heavy atom. The third-order valence-electron chi connectivity index (χ3n) is 4.96. The fourth-order valence-corrected chi connectivity index (χ4v) is 3.24. The van der Waals surface area contributed by atoms with Gasteiger partial charge in [0.15, 0.2) is 0 Å². The van der Waals surface area contributed by atoms with E-state index in [2.05, 4.69) is 60.4 Å². The van der Waals surface area contributed by atoms with Crippen molar-refractivity contribution >= 4 is 11.5 Å².